The molecule has 4 N–H and O–H groups in total. The van der Waals surface area contributed by atoms with Crippen molar-refractivity contribution in [2.45, 2.75) is 167 Å². The molecule has 1 heterocycles. The van der Waals surface area contributed by atoms with Gasteiger partial charge in [-0.25, -0.2) is 4.79 Å². The summed E-state index contributed by atoms with van der Waals surface area (Å²) in [7, 11) is 0. The average Bonchev–Trinajstić information content (AvgIpc) is 4.04. The molecule has 4 aliphatic carbocycles. The fourth-order valence-corrected chi connectivity index (χ4v) is 7.84. The maximum atomic E-state index is 12.2. The summed E-state index contributed by atoms with van der Waals surface area (Å²) in [5.74, 6) is 2.16. The number of nitrogens with two attached hydrogens (primary N) is 1. The maximum Gasteiger partial charge on any atom is 0.534 e. The second-order valence-corrected chi connectivity index (χ2v) is 16.1. The maximum absolute atomic E-state index is 12.2. The SMILES string of the molecule is C#CCCC[C@@H]1C[C@H]1OC(=O)C[C@H](C(=O)O)C1(C)CCCCC1.C#CCCC[C@@H]1C[C@H]1OC(=O)ON1C(=O)CCC1=O.CC1([C@H](N)C(=O)O)CCCCC1.Cl. The summed E-state index contributed by atoms with van der Waals surface area (Å²) in [6.45, 7) is 4.00. The number of imide groups is 1. The lowest BCUT2D eigenvalue weighted by atomic mass is 9.66. The summed E-state index contributed by atoms with van der Waals surface area (Å²) in [6, 6.07) is -0.683. The normalized spacial score (nSPS) is 25.3. The molecule has 14 heteroatoms. The molecular formula is C41H61ClN2O11. The monoisotopic (exact) mass is 792 g/mol. The van der Waals surface area contributed by atoms with Crippen LogP contribution < -0.4 is 5.73 Å². The predicted octanol–water partition coefficient (Wildman–Crippen LogP) is 6.97. The Morgan fingerprint density at radius 3 is 1.67 bits per heavy atom. The summed E-state index contributed by atoms with van der Waals surface area (Å²) in [4.78, 5) is 72.9. The van der Waals surface area contributed by atoms with Gasteiger partial charge in [-0.1, -0.05) is 57.4 Å². The van der Waals surface area contributed by atoms with E-state index in [1.165, 1.54) is 6.42 Å². The minimum atomic E-state index is -0.993. The van der Waals surface area contributed by atoms with Gasteiger partial charge in [-0.05, 0) is 86.9 Å². The van der Waals surface area contributed by atoms with Crippen molar-refractivity contribution in [2.24, 2.45) is 34.3 Å². The first-order valence-corrected chi connectivity index (χ1v) is 19.7. The molecule has 5 fully saturated rings. The third kappa shape index (κ3) is 15.3. The van der Waals surface area contributed by atoms with Crippen LogP contribution in [0.1, 0.15) is 149 Å². The van der Waals surface area contributed by atoms with Gasteiger partial charge < -0.3 is 25.4 Å². The molecule has 2 amide bonds. The van der Waals surface area contributed by atoms with Crippen molar-refractivity contribution in [3.8, 4) is 24.7 Å². The molecule has 0 aromatic rings. The minimum Gasteiger partial charge on any atom is -0.481 e. The van der Waals surface area contributed by atoms with Crippen LogP contribution in [0.5, 0.6) is 0 Å². The van der Waals surface area contributed by atoms with E-state index >= 15 is 0 Å². The zero-order valence-electron chi connectivity index (χ0n) is 32.5. The molecule has 5 rings (SSSR count). The lowest BCUT2D eigenvalue weighted by molar-refractivity contribution is -0.177. The molecule has 5 aliphatic rings. The van der Waals surface area contributed by atoms with Crippen LogP contribution >= 0.6 is 12.4 Å². The van der Waals surface area contributed by atoms with Crippen LogP contribution in [0.15, 0.2) is 0 Å². The van der Waals surface area contributed by atoms with E-state index in [-0.39, 0.29) is 60.7 Å². The number of hydrogen-bond acceptors (Lipinski definition) is 10. The number of ether oxygens (including phenoxy) is 2. The molecule has 0 radical (unpaired) electrons. The van der Waals surface area contributed by atoms with Gasteiger partial charge in [-0.15, -0.1) is 37.1 Å². The number of carbonyl (C=O) groups excluding carboxylic acids is 4. The van der Waals surface area contributed by atoms with Gasteiger partial charge in [0.05, 0.1) is 12.3 Å². The number of esters is 1. The van der Waals surface area contributed by atoms with Crippen molar-refractivity contribution >= 4 is 48.3 Å². The minimum absolute atomic E-state index is 0. The lowest BCUT2D eigenvalue weighted by Gasteiger charge is -2.38. The van der Waals surface area contributed by atoms with Crippen LogP contribution in [-0.4, -0.2) is 69.4 Å². The molecule has 0 aromatic carbocycles. The number of hydroxylamine groups is 2. The van der Waals surface area contributed by atoms with Crippen molar-refractivity contribution in [3.63, 3.8) is 0 Å². The Morgan fingerprint density at radius 1 is 0.782 bits per heavy atom. The molecule has 55 heavy (non-hydrogen) atoms. The van der Waals surface area contributed by atoms with Gasteiger partial charge >= 0.3 is 24.1 Å². The molecule has 1 saturated heterocycles. The average molecular weight is 793 g/mol. The number of rotatable bonds is 15. The highest BCUT2D eigenvalue weighted by atomic mass is 35.5. The molecule has 0 spiro atoms. The van der Waals surface area contributed by atoms with E-state index in [1.807, 2.05) is 13.8 Å². The van der Waals surface area contributed by atoms with E-state index in [1.54, 1.807) is 0 Å². The Bertz CT molecular complexity index is 1390. The van der Waals surface area contributed by atoms with E-state index in [4.69, 9.17) is 33.2 Å². The molecule has 1 aliphatic heterocycles. The van der Waals surface area contributed by atoms with Crippen molar-refractivity contribution < 1.29 is 53.3 Å². The molecule has 13 nitrogen and oxygen atoms in total. The smallest absolute Gasteiger partial charge is 0.481 e. The molecule has 6 atom stereocenters. The zero-order valence-corrected chi connectivity index (χ0v) is 33.3. The Balaban J connectivity index is 0.000000296. The highest BCUT2D eigenvalue weighted by Crippen LogP contribution is 2.45. The van der Waals surface area contributed by atoms with Crippen molar-refractivity contribution in [1.29, 1.82) is 0 Å². The molecule has 0 bridgehead atoms. The number of aliphatic carboxylic acids is 2. The van der Waals surface area contributed by atoms with E-state index in [0.29, 0.717) is 23.3 Å². The van der Waals surface area contributed by atoms with E-state index < -0.39 is 41.9 Å². The number of amides is 2. The van der Waals surface area contributed by atoms with Crippen LogP contribution in [0.2, 0.25) is 0 Å². The number of carbonyl (C=O) groups is 6. The van der Waals surface area contributed by atoms with Crippen LogP contribution in [0.4, 0.5) is 4.79 Å². The Labute approximate surface area is 331 Å². The molecule has 0 unspecified atom stereocenters. The van der Waals surface area contributed by atoms with Crippen LogP contribution in [0, 0.1) is 53.3 Å². The fraction of sp³-hybridized carbons (Fsp3) is 0.756. The van der Waals surface area contributed by atoms with Gasteiger partial charge in [0.15, 0.2) is 0 Å². The van der Waals surface area contributed by atoms with E-state index in [0.717, 1.165) is 103 Å². The fourth-order valence-electron chi connectivity index (χ4n) is 7.84. The Hall–Kier alpha value is -3.81. The molecular weight excluding hydrogens is 732 g/mol. The van der Waals surface area contributed by atoms with E-state index in [2.05, 4.69) is 16.7 Å². The Morgan fingerprint density at radius 2 is 1.24 bits per heavy atom. The number of carboxylic acids is 2. The summed E-state index contributed by atoms with van der Waals surface area (Å²) < 4.78 is 10.5. The third-order valence-electron chi connectivity index (χ3n) is 11.7. The third-order valence-corrected chi connectivity index (χ3v) is 11.7. The van der Waals surface area contributed by atoms with Crippen LogP contribution in [-0.2, 0) is 38.3 Å². The summed E-state index contributed by atoms with van der Waals surface area (Å²) >= 11 is 0. The number of halogens is 1. The number of hydrogen-bond donors (Lipinski definition) is 3. The highest BCUT2D eigenvalue weighted by Gasteiger charge is 2.45. The summed E-state index contributed by atoms with van der Waals surface area (Å²) in [6.07, 6.45) is 26.6. The number of nitrogens with zero attached hydrogens (tertiary/aromatic N) is 1. The van der Waals surface area contributed by atoms with Gasteiger partial charge in [0.25, 0.3) is 11.8 Å². The summed E-state index contributed by atoms with van der Waals surface area (Å²) in [5.41, 5.74) is 5.18. The Kier molecular flexibility index (Phi) is 19.5. The van der Waals surface area contributed by atoms with Crippen LogP contribution in [0.3, 0.4) is 0 Å². The first-order valence-electron chi connectivity index (χ1n) is 19.7. The van der Waals surface area contributed by atoms with Crippen molar-refractivity contribution in [1.82, 2.24) is 5.06 Å². The number of carboxylic acid groups (broad SMARTS) is 2. The topological polar surface area (TPSA) is 200 Å². The van der Waals surface area contributed by atoms with E-state index in [9.17, 15) is 33.9 Å². The molecule has 0 aromatic heterocycles. The summed E-state index contributed by atoms with van der Waals surface area (Å²) in [5, 5.41) is 18.8. The number of unbranched alkanes of at least 4 members (excludes halogenated alkanes) is 2. The largest absolute Gasteiger partial charge is 0.534 e. The van der Waals surface area contributed by atoms with Crippen LogP contribution in [0.25, 0.3) is 0 Å². The molecule has 4 saturated carbocycles. The van der Waals surface area contributed by atoms with Crippen molar-refractivity contribution in [2.75, 3.05) is 0 Å². The first-order chi connectivity index (χ1) is 25.6. The quantitative estimate of drug-likeness (QED) is 0.0667. The second-order valence-electron chi connectivity index (χ2n) is 16.1. The zero-order chi connectivity index (χ0) is 39.9. The predicted molar refractivity (Wildman–Crippen MR) is 205 cm³/mol. The second kappa shape index (κ2) is 22.7. The standard InChI is InChI=1S/C19H28O4.C13H15NO5.C9H17NO2.ClH/c1-3-4-6-9-14-12-16(14)23-17(20)13-15(18(21)22)19(2)10-7-5-8-11-19;1-2-3-4-5-9-8-10(9)18-13(17)19-14-11(15)6-7-12(14)16;1-9(7(10)8(11)12)5-3-2-4-6-9;/h1,14-16H,4-13H2,2H3,(H,21,22);1,9-10H,3-8H2;7H,2-6,10H2,1H3,(H,11,12);1H/t14-,15-,16-;9-,10-;7-;/m111./s1. The molecule has 308 valence electrons. The lowest BCUT2D eigenvalue weighted by Crippen LogP contribution is -2.46. The van der Waals surface area contributed by atoms with Gasteiger partial charge in [0.2, 0.25) is 0 Å². The highest BCUT2D eigenvalue weighted by molar-refractivity contribution is 6.01. The van der Waals surface area contributed by atoms with Gasteiger partial charge in [-0.3, -0.25) is 28.8 Å². The number of terminal acetylenes is 2. The van der Waals surface area contributed by atoms with Crippen molar-refractivity contribution in [3.05, 3.63) is 0 Å². The van der Waals surface area contributed by atoms with Gasteiger partial charge in [-0.2, -0.15) is 0 Å². The first kappa shape index (κ1) is 47.3. The van der Waals surface area contributed by atoms with Gasteiger partial charge in [0, 0.05) is 25.7 Å². The van der Waals surface area contributed by atoms with Gasteiger partial charge in [0.1, 0.15) is 18.2 Å².